The first-order chi connectivity index (χ1) is 10.3. The van der Waals surface area contributed by atoms with E-state index in [-0.39, 0.29) is 5.43 Å². The first-order valence-corrected chi connectivity index (χ1v) is 6.76. The van der Waals surface area contributed by atoms with Crippen LogP contribution in [0.4, 0.5) is 5.82 Å². The Labute approximate surface area is 122 Å². The van der Waals surface area contributed by atoms with Gasteiger partial charge in [0.25, 0.3) is 0 Å². The molecule has 4 heteroatoms. The number of hydrogen-bond acceptors (Lipinski definition) is 3. The number of nitrogens with one attached hydrogen (secondary N) is 2. The fourth-order valence-electron chi connectivity index (χ4n) is 2.09. The van der Waals surface area contributed by atoms with Crippen LogP contribution >= 0.6 is 0 Å². The van der Waals surface area contributed by atoms with Gasteiger partial charge in [-0.1, -0.05) is 60.7 Å². The van der Waals surface area contributed by atoms with E-state index in [0.717, 1.165) is 11.1 Å². The highest BCUT2D eigenvalue weighted by atomic mass is 16.1. The molecule has 0 atom stereocenters. The molecular formula is C17H15N3O. The fraction of sp³-hybridized carbons (Fsp3) is 0.0588. The lowest BCUT2D eigenvalue weighted by Gasteiger charge is -2.06. The maximum atomic E-state index is 12.1. The van der Waals surface area contributed by atoms with Gasteiger partial charge in [-0.05, 0) is 5.56 Å². The lowest BCUT2D eigenvalue weighted by Crippen LogP contribution is -2.11. The van der Waals surface area contributed by atoms with Crippen LogP contribution in [-0.4, -0.2) is 10.2 Å². The van der Waals surface area contributed by atoms with Crippen LogP contribution in [0.5, 0.6) is 0 Å². The summed E-state index contributed by atoms with van der Waals surface area (Å²) in [5.41, 5.74) is 2.29. The minimum Gasteiger partial charge on any atom is -0.366 e. The van der Waals surface area contributed by atoms with Crippen molar-refractivity contribution in [1.29, 1.82) is 0 Å². The number of aromatic nitrogens is 2. The number of hydrogen-bond donors (Lipinski definition) is 2. The summed E-state index contributed by atoms with van der Waals surface area (Å²) in [5.74, 6) is 0.614. The molecule has 1 heterocycles. The summed E-state index contributed by atoms with van der Waals surface area (Å²) in [7, 11) is 0. The molecule has 0 unspecified atom stereocenters. The molecule has 1 aromatic heterocycles. The number of anilines is 1. The quantitative estimate of drug-likeness (QED) is 0.770. The summed E-state index contributed by atoms with van der Waals surface area (Å²) in [5, 5.41) is 10.2. The van der Waals surface area contributed by atoms with Gasteiger partial charge < -0.3 is 5.32 Å². The summed E-state index contributed by atoms with van der Waals surface area (Å²) in [6, 6.07) is 21.0. The number of aromatic amines is 1. The standard InChI is InChI=1S/C17H15N3O/c21-15-11-16(18-12-13-7-3-1-4-8-13)19-20-17(15)14-9-5-2-6-10-14/h1-11H,12H2,(H2,18,19,21). The highest BCUT2D eigenvalue weighted by Gasteiger charge is 2.05. The van der Waals surface area contributed by atoms with Crippen molar-refractivity contribution in [3.63, 3.8) is 0 Å². The third-order valence-electron chi connectivity index (χ3n) is 3.17. The maximum Gasteiger partial charge on any atom is 0.210 e. The average Bonchev–Trinajstić information content (AvgIpc) is 2.55. The van der Waals surface area contributed by atoms with Crippen LogP contribution in [0.15, 0.2) is 71.5 Å². The topological polar surface area (TPSA) is 57.8 Å². The van der Waals surface area contributed by atoms with Gasteiger partial charge in [0, 0.05) is 18.2 Å². The van der Waals surface area contributed by atoms with Crippen LogP contribution in [-0.2, 0) is 6.54 Å². The Hall–Kier alpha value is -2.88. The van der Waals surface area contributed by atoms with E-state index in [1.54, 1.807) is 0 Å². The molecule has 0 saturated carbocycles. The van der Waals surface area contributed by atoms with Crippen molar-refractivity contribution in [1.82, 2.24) is 10.2 Å². The molecule has 3 aromatic rings. The summed E-state index contributed by atoms with van der Waals surface area (Å²) in [6.07, 6.45) is 0. The van der Waals surface area contributed by atoms with E-state index in [4.69, 9.17) is 0 Å². The van der Waals surface area contributed by atoms with Crippen molar-refractivity contribution < 1.29 is 0 Å². The van der Waals surface area contributed by atoms with Crippen LogP contribution < -0.4 is 10.7 Å². The van der Waals surface area contributed by atoms with Crippen molar-refractivity contribution in [2.75, 3.05) is 5.32 Å². The van der Waals surface area contributed by atoms with E-state index in [0.29, 0.717) is 18.1 Å². The Morgan fingerprint density at radius 3 is 2.29 bits per heavy atom. The zero-order valence-electron chi connectivity index (χ0n) is 11.4. The van der Waals surface area contributed by atoms with Crippen molar-refractivity contribution in [2.45, 2.75) is 6.54 Å². The van der Waals surface area contributed by atoms with Gasteiger partial charge in [-0.25, -0.2) is 0 Å². The summed E-state index contributed by atoms with van der Waals surface area (Å²) in [6.45, 7) is 0.642. The van der Waals surface area contributed by atoms with Gasteiger partial charge in [-0.3, -0.25) is 9.89 Å². The van der Waals surface area contributed by atoms with Gasteiger partial charge in [0.05, 0.1) is 0 Å². The summed E-state index contributed by atoms with van der Waals surface area (Å²) >= 11 is 0. The van der Waals surface area contributed by atoms with Gasteiger partial charge in [0.1, 0.15) is 11.5 Å². The van der Waals surface area contributed by atoms with Crippen LogP contribution in [0.25, 0.3) is 11.3 Å². The highest BCUT2D eigenvalue weighted by Crippen LogP contribution is 2.12. The molecule has 2 aromatic carbocycles. The van der Waals surface area contributed by atoms with Crippen molar-refractivity contribution in [2.24, 2.45) is 0 Å². The van der Waals surface area contributed by atoms with Gasteiger partial charge in [0.2, 0.25) is 5.43 Å². The lowest BCUT2D eigenvalue weighted by molar-refractivity contribution is 0.996. The van der Waals surface area contributed by atoms with Crippen LogP contribution in [0.3, 0.4) is 0 Å². The Morgan fingerprint density at radius 2 is 1.62 bits per heavy atom. The van der Waals surface area contributed by atoms with Crippen LogP contribution in [0, 0.1) is 0 Å². The number of rotatable bonds is 4. The molecule has 104 valence electrons. The second-order valence-corrected chi connectivity index (χ2v) is 4.70. The van der Waals surface area contributed by atoms with E-state index in [9.17, 15) is 4.79 Å². The molecule has 21 heavy (non-hydrogen) atoms. The van der Waals surface area contributed by atoms with Gasteiger partial charge in [0.15, 0.2) is 0 Å². The number of H-pyrrole nitrogens is 1. The second-order valence-electron chi connectivity index (χ2n) is 4.70. The van der Waals surface area contributed by atoms with Crippen LogP contribution in [0.1, 0.15) is 5.56 Å². The molecule has 0 amide bonds. The summed E-state index contributed by atoms with van der Waals surface area (Å²) < 4.78 is 0. The summed E-state index contributed by atoms with van der Waals surface area (Å²) in [4.78, 5) is 12.1. The average molecular weight is 277 g/mol. The van der Waals surface area contributed by atoms with Crippen molar-refractivity contribution in [3.8, 4) is 11.3 Å². The minimum absolute atomic E-state index is 0.101. The third-order valence-corrected chi connectivity index (χ3v) is 3.17. The SMILES string of the molecule is O=c1cc(NCc2ccccc2)[nH]nc1-c1ccccc1. The Bertz CT molecular complexity index is 767. The van der Waals surface area contributed by atoms with Crippen LogP contribution in [0.2, 0.25) is 0 Å². The second kappa shape index (κ2) is 6.05. The molecule has 0 aliphatic rings. The zero-order chi connectivity index (χ0) is 14.5. The van der Waals surface area contributed by atoms with E-state index < -0.39 is 0 Å². The molecule has 4 nitrogen and oxygen atoms in total. The predicted octanol–water partition coefficient (Wildman–Crippen LogP) is 3.05. The Balaban J connectivity index is 1.77. The molecule has 3 rings (SSSR count). The first-order valence-electron chi connectivity index (χ1n) is 6.76. The van der Waals surface area contributed by atoms with Crippen molar-refractivity contribution in [3.05, 3.63) is 82.5 Å². The number of nitrogens with zero attached hydrogens (tertiary/aromatic N) is 1. The molecule has 0 radical (unpaired) electrons. The van der Waals surface area contributed by atoms with Crippen molar-refractivity contribution >= 4 is 5.82 Å². The van der Waals surface area contributed by atoms with Gasteiger partial charge in [-0.15, -0.1) is 0 Å². The predicted molar refractivity (Wildman–Crippen MR) is 84.1 cm³/mol. The van der Waals surface area contributed by atoms with E-state index in [2.05, 4.69) is 15.5 Å². The molecule has 0 fully saturated rings. The Morgan fingerprint density at radius 1 is 0.952 bits per heavy atom. The smallest absolute Gasteiger partial charge is 0.210 e. The minimum atomic E-state index is -0.101. The third kappa shape index (κ3) is 3.17. The molecule has 0 spiro atoms. The molecule has 0 aliphatic carbocycles. The van der Waals surface area contributed by atoms with Gasteiger partial charge >= 0.3 is 0 Å². The zero-order valence-corrected chi connectivity index (χ0v) is 11.4. The molecule has 2 N–H and O–H groups in total. The lowest BCUT2D eigenvalue weighted by atomic mass is 10.1. The first kappa shape index (κ1) is 13.1. The molecule has 0 aliphatic heterocycles. The maximum absolute atomic E-state index is 12.1. The molecule has 0 saturated heterocycles. The highest BCUT2D eigenvalue weighted by molar-refractivity contribution is 5.59. The fourth-order valence-corrected chi connectivity index (χ4v) is 2.09. The molecule has 0 bridgehead atoms. The largest absolute Gasteiger partial charge is 0.366 e. The molecular weight excluding hydrogens is 262 g/mol. The van der Waals surface area contributed by atoms with E-state index in [1.165, 1.54) is 6.07 Å². The Kier molecular flexibility index (Phi) is 3.78. The van der Waals surface area contributed by atoms with E-state index in [1.807, 2.05) is 60.7 Å². The normalized spacial score (nSPS) is 10.3. The van der Waals surface area contributed by atoms with Gasteiger partial charge in [-0.2, -0.15) is 5.10 Å². The monoisotopic (exact) mass is 277 g/mol. The van der Waals surface area contributed by atoms with E-state index >= 15 is 0 Å². The number of benzene rings is 2.